The maximum absolute atomic E-state index is 13.7. The van der Waals surface area contributed by atoms with Crippen molar-refractivity contribution in [2.24, 2.45) is 0 Å². The van der Waals surface area contributed by atoms with Gasteiger partial charge in [0.1, 0.15) is 22.6 Å². The third-order valence-electron chi connectivity index (χ3n) is 12.3. The van der Waals surface area contributed by atoms with E-state index in [-0.39, 0.29) is 11.9 Å². The van der Waals surface area contributed by atoms with Crippen molar-refractivity contribution in [1.82, 2.24) is 29.8 Å². The first-order valence-corrected chi connectivity index (χ1v) is 24.9. The Morgan fingerprint density at radius 2 is 1.30 bits per heavy atom. The number of carbonyl (C=O) groups is 2. The molecule has 1 atom stereocenters. The van der Waals surface area contributed by atoms with Crippen LogP contribution in [0.3, 0.4) is 0 Å². The fraction of sp³-hybridized carbons (Fsp3) is 0.186. The average Bonchev–Trinajstić information content (AvgIpc) is 4.07. The van der Waals surface area contributed by atoms with E-state index >= 15 is 0 Å². The lowest BCUT2D eigenvalue weighted by molar-refractivity contribution is 0.0511. The van der Waals surface area contributed by atoms with Crippen molar-refractivity contribution in [3.05, 3.63) is 222 Å². The first-order valence-electron chi connectivity index (χ1n) is 24.0. The lowest BCUT2D eigenvalue weighted by Gasteiger charge is -2.36. The molecule has 0 saturated heterocycles. The molecule has 0 aliphatic heterocycles. The van der Waals surface area contributed by atoms with Crippen LogP contribution in [-0.4, -0.2) is 61.1 Å². The molecule has 13 nitrogen and oxygen atoms in total. The van der Waals surface area contributed by atoms with E-state index in [2.05, 4.69) is 78.0 Å². The first-order chi connectivity index (χ1) is 35.3. The van der Waals surface area contributed by atoms with Crippen molar-refractivity contribution in [3.8, 4) is 34.0 Å². The van der Waals surface area contributed by atoms with Crippen LogP contribution < -0.4 is 15.4 Å². The number of rotatable bonds is 16. The minimum absolute atomic E-state index is 0.213. The maximum atomic E-state index is 13.7. The summed E-state index contributed by atoms with van der Waals surface area (Å²) in [6, 6.07) is 60.3. The summed E-state index contributed by atoms with van der Waals surface area (Å²) < 4.78 is 21.1. The second kappa shape index (κ2) is 21.5. The molecule has 73 heavy (non-hydrogen) atoms. The number of amides is 1. The summed E-state index contributed by atoms with van der Waals surface area (Å²) in [6.45, 7) is 9.85. The zero-order chi connectivity index (χ0) is 51.1. The van der Waals surface area contributed by atoms with Crippen LogP contribution in [0.15, 0.2) is 193 Å². The fourth-order valence-corrected chi connectivity index (χ4v) is 9.91. The van der Waals surface area contributed by atoms with Crippen LogP contribution in [0.1, 0.15) is 78.3 Å². The monoisotopic (exact) mass is 988 g/mol. The number of nitrogen functional groups attached to an aromatic ring is 1. The second-order valence-corrected chi connectivity index (χ2v) is 19.8. The van der Waals surface area contributed by atoms with Crippen LogP contribution in [0.5, 0.6) is 11.5 Å². The van der Waals surface area contributed by atoms with Crippen LogP contribution in [0.2, 0.25) is 0 Å². The zero-order valence-corrected chi connectivity index (χ0v) is 42.4. The number of ether oxygens (including phenoxy) is 3. The van der Waals surface area contributed by atoms with Crippen LogP contribution in [-0.2, 0) is 21.6 Å². The smallest absolute Gasteiger partial charge is 0.414 e. The SMILES string of the molecule is CCOC(=O)c1c(C(C)Sc2ccc(Oc3ccc(N)c(N(C)C(=O)OC(C)(C)C)c3)cc2)ncn1Cc1ccc(-c2ccccc2-c2nnnn2C(c2ccccc2)(c2ccccc2)c2ccccc2)cc1. The molecule has 7 aromatic carbocycles. The van der Waals surface area contributed by atoms with Crippen molar-refractivity contribution in [3.63, 3.8) is 0 Å². The number of esters is 1. The molecule has 0 radical (unpaired) electrons. The van der Waals surface area contributed by atoms with E-state index in [1.165, 1.54) is 4.90 Å². The Kier molecular flexibility index (Phi) is 14.6. The topological polar surface area (TPSA) is 153 Å². The van der Waals surface area contributed by atoms with Gasteiger partial charge in [-0.3, -0.25) is 4.90 Å². The number of carbonyl (C=O) groups excluding carboxylic acids is 2. The van der Waals surface area contributed by atoms with E-state index in [1.807, 2.05) is 128 Å². The third kappa shape index (κ3) is 10.6. The lowest BCUT2D eigenvalue weighted by atomic mass is 9.77. The number of nitrogens with zero attached hydrogens (tertiary/aromatic N) is 7. The largest absolute Gasteiger partial charge is 0.461 e. The van der Waals surface area contributed by atoms with Gasteiger partial charge in [-0.15, -0.1) is 16.9 Å². The minimum Gasteiger partial charge on any atom is -0.461 e. The molecular weight excluding hydrogens is 933 g/mol. The standard InChI is InChI=1S/C59H56N8O5S/c1-7-70-56(68)54-53(40(2)73-48-34-31-46(32-35-48)71-47-33-36-51(60)52(37-47)65(6)57(69)72-58(3,4)5)61-39-66(54)38-41-27-29-42(30-28-41)49-25-17-18-26-50(49)55-62-63-64-67(55)59(43-19-11-8-12-20-43,44-21-13-9-14-22-44)45-23-15-10-16-24-45/h8-37,39-40H,7,38,60H2,1-6H3. The maximum Gasteiger partial charge on any atom is 0.414 e. The Morgan fingerprint density at radius 3 is 1.89 bits per heavy atom. The van der Waals surface area contributed by atoms with Crippen molar-refractivity contribution in [1.29, 1.82) is 0 Å². The minimum atomic E-state index is -0.912. The number of nitrogens with two attached hydrogens (primary N) is 1. The van der Waals surface area contributed by atoms with Crippen LogP contribution in [0, 0.1) is 0 Å². The van der Waals surface area contributed by atoms with Gasteiger partial charge in [0.2, 0.25) is 0 Å². The Hall–Kier alpha value is -8.49. The highest BCUT2D eigenvalue weighted by atomic mass is 32.2. The number of anilines is 2. The first kappa shape index (κ1) is 49.5. The van der Waals surface area contributed by atoms with Gasteiger partial charge in [-0.1, -0.05) is 140 Å². The van der Waals surface area contributed by atoms with Gasteiger partial charge in [0.05, 0.1) is 35.3 Å². The molecule has 1 unspecified atom stereocenters. The molecule has 2 N–H and O–H groups in total. The average molecular weight is 989 g/mol. The van der Waals surface area contributed by atoms with Gasteiger partial charge in [-0.25, -0.2) is 19.3 Å². The Balaban J connectivity index is 0.951. The third-order valence-corrected chi connectivity index (χ3v) is 13.4. The Labute approximate surface area is 429 Å². The van der Waals surface area contributed by atoms with E-state index in [0.717, 1.165) is 43.8 Å². The molecule has 2 heterocycles. The normalized spacial score (nSPS) is 12.0. The molecule has 0 spiro atoms. The Bertz CT molecular complexity index is 3230. The molecule has 2 aromatic heterocycles. The highest BCUT2D eigenvalue weighted by Gasteiger charge is 2.42. The van der Waals surface area contributed by atoms with E-state index in [1.54, 1.807) is 50.3 Å². The summed E-state index contributed by atoms with van der Waals surface area (Å²) >= 11 is 1.57. The van der Waals surface area contributed by atoms with Crippen LogP contribution >= 0.6 is 11.8 Å². The number of hydrogen-bond donors (Lipinski definition) is 1. The van der Waals surface area contributed by atoms with E-state index in [0.29, 0.717) is 46.6 Å². The van der Waals surface area contributed by atoms with Crippen molar-refractivity contribution < 1.29 is 23.8 Å². The number of benzene rings is 7. The van der Waals surface area contributed by atoms with Crippen LogP contribution in [0.4, 0.5) is 16.2 Å². The molecule has 368 valence electrons. The van der Waals surface area contributed by atoms with Gasteiger partial charge in [0.15, 0.2) is 11.5 Å². The summed E-state index contributed by atoms with van der Waals surface area (Å²) in [7, 11) is 1.61. The fourth-order valence-electron chi connectivity index (χ4n) is 8.93. The van der Waals surface area contributed by atoms with Gasteiger partial charge >= 0.3 is 12.1 Å². The molecule has 0 aliphatic rings. The van der Waals surface area contributed by atoms with Crippen LogP contribution in [0.25, 0.3) is 22.5 Å². The van der Waals surface area contributed by atoms with E-state index < -0.39 is 23.2 Å². The molecule has 1 amide bonds. The molecule has 0 fully saturated rings. The predicted octanol–water partition coefficient (Wildman–Crippen LogP) is 12.9. The lowest BCUT2D eigenvalue weighted by Crippen LogP contribution is -2.39. The van der Waals surface area contributed by atoms with Crippen molar-refractivity contribution >= 4 is 35.2 Å². The molecule has 0 aliphatic carbocycles. The van der Waals surface area contributed by atoms with E-state index in [9.17, 15) is 9.59 Å². The summed E-state index contributed by atoms with van der Waals surface area (Å²) in [4.78, 5) is 33.6. The number of aromatic nitrogens is 6. The number of imidazole rings is 1. The van der Waals surface area contributed by atoms with Crippen molar-refractivity contribution in [2.75, 3.05) is 24.3 Å². The van der Waals surface area contributed by atoms with Crippen molar-refractivity contribution in [2.45, 2.75) is 62.4 Å². The number of tetrazole rings is 1. The van der Waals surface area contributed by atoms with E-state index in [4.69, 9.17) is 35.2 Å². The second-order valence-electron chi connectivity index (χ2n) is 18.4. The molecule has 9 rings (SSSR count). The molecule has 0 saturated carbocycles. The summed E-state index contributed by atoms with van der Waals surface area (Å²) in [5, 5.41) is 13.7. The molecular formula is C59H56N8O5S. The van der Waals surface area contributed by atoms with Gasteiger partial charge in [0, 0.05) is 30.1 Å². The zero-order valence-electron chi connectivity index (χ0n) is 41.5. The predicted molar refractivity (Wildman–Crippen MR) is 287 cm³/mol. The summed E-state index contributed by atoms with van der Waals surface area (Å²) in [5.74, 6) is 1.27. The highest BCUT2D eigenvalue weighted by Crippen LogP contribution is 2.44. The molecule has 9 aromatic rings. The number of thioether (sulfide) groups is 1. The molecule has 0 bridgehead atoms. The molecule has 14 heteroatoms. The summed E-state index contributed by atoms with van der Waals surface area (Å²) in [5.41, 5.74) is 13.4. The quantitative estimate of drug-likeness (QED) is 0.0426. The van der Waals surface area contributed by atoms with Gasteiger partial charge < -0.3 is 24.5 Å². The van der Waals surface area contributed by atoms with Gasteiger partial charge in [0.25, 0.3) is 0 Å². The summed E-state index contributed by atoms with van der Waals surface area (Å²) in [6.07, 6.45) is 1.18. The highest BCUT2D eigenvalue weighted by molar-refractivity contribution is 7.99. The number of hydrogen-bond acceptors (Lipinski definition) is 11. The van der Waals surface area contributed by atoms with Gasteiger partial charge in [-0.05, 0) is 115 Å². The Morgan fingerprint density at radius 1 is 0.726 bits per heavy atom. The van der Waals surface area contributed by atoms with Gasteiger partial charge in [-0.2, -0.15) is 0 Å².